The van der Waals surface area contributed by atoms with Crippen LogP contribution in [0.3, 0.4) is 0 Å². The molecule has 0 atom stereocenters. The van der Waals surface area contributed by atoms with Gasteiger partial charge in [0.1, 0.15) is 0 Å². The van der Waals surface area contributed by atoms with Gasteiger partial charge in [-0.05, 0) is 6.07 Å². The second-order valence-corrected chi connectivity index (χ2v) is 2.04. The van der Waals surface area contributed by atoms with Crippen LogP contribution in [0.2, 0.25) is 0 Å². The van der Waals surface area contributed by atoms with Crippen LogP contribution < -0.4 is 10.2 Å². The fraction of sp³-hybridized carbons (Fsp3) is 0. The highest BCUT2D eigenvalue weighted by atomic mass is 35.5. The maximum absolute atomic E-state index is 10.2. The van der Waals surface area contributed by atoms with Crippen molar-refractivity contribution in [1.82, 2.24) is 4.98 Å². The lowest BCUT2D eigenvalue weighted by Gasteiger charge is -2.04. The van der Waals surface area contributed by atoms with E-state index in [-0.39, 0.29) is 23.5 Å². The summed E-state index contributed by atoms with van der Waals surface area (Å²) in [5, 5.41) is 20.4. The van der Waals surface area contributed by atoms with Crippen molar-refractivity contribution in [1.29, 1.82) is 0 Å². The maximum atomic E-state index is 10.2. The number of carboxylic acid groups (broad SMARTS) is 2. The molecule has 1 heterocycles. The van der Waals surface area contributed by atoms with E-state index in [1.807, 2.05) is 0 Å². The van der Waals surface area contributed by atoms with E-state index in [2.05, 4.69) is 4.98 Å². The summed E-state index contributed by atoms with van der Waals surface area (Å²) in [7, 11) is 0. The van der Waals surface area contributed by atoms with Crippen molar-refractivity contribution in [2.75, 3.05) is 0 Å². The van der Waals surface area contributed by atoms with Gasteiger partial charge in [0.05, 0.1) is 11.9 Å². The number of aromatic nitrogens is 1. The molecule has 5 nitrogen and oxygen atoms in total. The molecular formula is C7H4ClNO4-2. The van der Waals surface area contributed by atoms with Crippen molar-refractivity contribution in [3.63, 3.8) is 0 Å². The van der Waals surface area contributed by atoms with Gasteiger partial charge in [-0.3, -0.25) is 4.98 Å². The predicted octanol–water partition coefficient (Wildman–Crippen LogP) is -1.77. The highest BCUT2D eigenvalue weighted by Crippen LogP contribution is 1.99. The summed E-state index contributed by atoms with van der Waals surface area (Å²) in [6.07, 6.45) is 2.00. The first-order chi connectivity index (χ1) is 5.61. The highest BCUT2D eigenvalue weighted by Gasteiger charge is 1.97. The Morgan fingerprint density at radius 2 is 1.46 bits per heavy atom. The average molecular weight is 202 g/mol. The van der Waals surface area contributed by atoms with Crippen LogP contribution in [0.15, 0.2) is 18.5 Å². The Kier molecular flexibility index (Phi) is 3.87. The molecule has 0 saturated heterocycles. The van der Waals surface area contributed by atoms with Gasteiger partial charge in [-0.25, -0.2) is 0 Å². The molecule has 0 N–H and O–H groups in total. The van der Waals surface area contributed by atoms with Gasteiger partial charge in [-0.15, -0.1) is 12.4 Å². The Labute approximate surface area is 79.4 Å². The SMILES string of the molecule is Cl.O=C([O-])c1cncc(C(=O)[O-])c1. The van der Waals surface area contributed by atoms with Gasteiger partial charge in [-0.2, -0.15) is 0 Å². The maximum Gasteiger partial charge on any atom is 0.0731 e. The van der Waals surface area contributed by atoms with E-state index in [4.69, 9.17) is 0 Å². The highest BCUT2D eigenvalue weighted by molar-refractivity contribution is 5.91. The van der Waals surface area contributed by atoms with Crippen LogP contribution in [0.5, 0.6) is 0 Å². The molecule has 0 radical (unpaired) electrons. The lowest BCUT2D eigenvalue weighted by Crippen LogP contribution is -2.25. The van der Waals surface area contributed by atoms with Crippen molar-refractivity contribution < 1.29 is 19.8 Å². The molecule has 70 valence electrons. The van der Waals surface area contributed by atoms with Crippen molar-refractivity contribution >= 4 is 24.3 Å². The van der Waals surface area contributed by atoms with Crippen molar-refractivity contribution in [3.05, 3.63) is 29.6 Å². The largest absolute Gasteiger partial charge is 0.545 e. The van der Waals surface area contributed by atoms with Gasteiger partial charge in [0.25, 0.3) is 0 Å². The second kappa shape index (κ2) is 4.42. The smallest absolute Gasteiger partial charge is 0.0731 e. The first kappa shape index (κ1) is 11.4. The van der Waals surface area contributed by atoms with Crippen LogP contribution in [-0.2, 0) is 0 Å². The molecule has 1 aromatic heterocycles. The summed E-state index contributed by atoms with van der Waals surface area (Å²) in [4.78, 5) is 23.8. The Morgan fingerprint density at radius 3 is 1.77 bits per heavy atom. The van der Waals surface area contributed by atoms with E-state index in [0.29, 0.717) is 0 Å². The van der Waals surface area contributed by atoms with Crippen LogP contribution in [-0.4, -0.2) is 16.9 Å². The number of carbonyl (C=O) groups excluding carboxylic acids is 2. The monoisotopic (exact) mass is 201 g/mol. The lowest BCUT2D eigenvalue weighted by atomic mass is 10.2. The summed E-state index contributed by atoms with van der Waals surface area (Å²) >= 11 is 0. The number of carboxylic acids is 2. The molecule has 0 aliphatic carbocycles. The van der Waals surface area contributed by atoms with Gasteiger partial charge in [0.2, 0.25) is 0 Å². The van der Waals surface area contributed by atoms with E-state index >= 15 is 0 Å². The van der Waals surface area contributed by atoms with E-state index in [1.165, 1.54) is 0 Å². The standard InChI is InChI=1S/C7H5NO4.ClH/c9-6(10)4-1-5(7(11)12)3-8-2-4;/h1-3H,(H,9,10)(H,11,12);1H/p-2. The fourth-order valence-corrected chi connectivity index (χ4v) is 0.663. The quantitative estimate of drug-likeness (QED) is 0.565. The van der Waals surface area contributed by atoms with Crippen molar-refractivity contribution in [3.8, 4) is 0 Å². The molecule has 0 bridgehead atoms. The van der Waals surface area contributed by atoms with Crippen molar-refractivity contribution in [2.24, 2.45) is 0 Å². The average Bonchev–Trinajstić information content (AvgIpc) is 2.04. The van der Waals surface area contributed by atoms with Crippen LogP contribution >= 0.6 is 12.4 Å². The fourth-order valence-electron chi connectivity index (χ4n) is 0.663. The van der Waals surface area contributed by atoms with Gasteiger partial charge in [0, 0.05) is 23.5 Å². The number of halogens is 1. The normalized spacial score (nSPS) is 8.62. The van der Waals surface area contributed by atoms with E-state index in [1.54, 1.807) is 0 Å². The number of aromatic carboxylic acids is 2. The van der Waals surface area contributed by atoms with E-state index in [9.17, 15) is 19.8 Å². The Balaban J connectivity index is 0.00000144. The number of hydrogen-bond acceptors (Lipinski definition) is 5. The molecule has 0 aliphatic rings. The third-order valence-corrected chi connectivity index (χ3v) is 1.21. The molecule has 0 aliphatic heterocycles. The predicted molar refractivity (Wildman–Crippen MR) is 40.1 cm³/mol. The van der Waals surface area contributed by atoms with Crippen LogP contribution in [0.25, 0.3) is 0 Å². The third-order valence-electron chi connectivity index (χ3n) is 1.21. The zero-order valence-electron chi connectivity index (χ0n) is 6.22. The lowest BCUT2D eigenvalue weighted by molar-refractivity contribution is -0.255. The minimum Gasteiger partial charge on any atom is -0.545 e. The number of rotatable bonds is 2. The number of nitrogens with zero attached hydrogens (tertiary/aromatic N) is 1. The third kappa shape index (κ3) is 2.72. The molecule has 0 fully saturated rings. The summed E-state index contributed by atoms with van der Waals surface area (Å²) in [6.45, 7) is 0. The Morgan fingerprint density at radius 1 is 1.08 bits per heavy atom. The molecule has 0 spiro atoms. The minimum absolute atomic E-state index is 0. The first-order valence-electron chi connectivity index (χ1n) is 2.99. The van der Waals surface area contributed by atoms with Gasteiger partial charge in [0.15, 0.2) is 0 Å². The van der Waals surface area contributed by atoms with E-state index < -0.39 is 11.9 Å². The van der Waals surface area contributed by atoms with Gasteiger partial charge >= 0.3 is 0 Å². The number of pyridine rings is 1. The number of hydrogen-bond donors (Lipinski definition) is 0. The van der Waals surface area contributed by atoms with Crippen molar-refractivity contribution in [2.45, 2.75) is 0 Å². The van der Waals surface area contributed by atoms with E-state index in [0.717, 1.165) is 18.5 Å². The van der Waals surface area contributed by atoms with Crippen LogP contribution in [0.1, 0.15) is 20.7 Å². The molecule has 0 saturated carbocycles. The molecule has 6 heteroatoms. The summed E-state index contributed by atoms with van der Waals surface area (Å²) in [5.41, 5.74) is -0.562. The summed E-state index contributed by atoms with van der Waals surface area (Å²) in [5.74, 6) is -2.93. The first-order valence-corrected chi connectivity index (χ1v) is 2.99. The zero-order chi connectivity index (χ0) is 9.14. The molecule has 13 heavy (non-hydrogen) atoms. The number of carbonyl (C=O) groups is 2. The summed E-state index contributed by atoms with van der Waals surface area (Å²) in [6, 6.07) is 0.928. The van der Waals surface area contributed by atoms with Gasteiger partial charge in [-0.1, -0.05) is 0 Å². The topological polar surface area (TPSA) is 93.2 Å². The molecule has 0 aromatic carbocycles. The molecule has 1 rings (SSSR count). The van der Waals surface area contributed by atoms with Gasteiger partial charge < -0.3 is 19.8 Å². The minimum atomic E-state index is -1.47. The molecule has 1 aromatic rings. The van der Waals surface area contributed by atoms with Crippen LogP contribution in [0, 0.1) is 0 Å². The molecule has 0 amide bonds. The molecular weight excluding hydrogens is 198 g/mol. The Bertz CT molecular complexity index is 310. The zero-order valence-corrected chi connectivity index (χ0v) is 7.04. The molecule has 0 unspecified atom stereocenters. The Hall–Kier alpha value is -1.62. The summed E-state index contributed by atoms with van der Waals surface area (Å²) < 4.78 is 0. The van der Waals surface area contributed by atoms with Crippen LogP contribution in [0.4, 0.5) is 0 Å². The second-order valence-electron chi connectivity index (χ2n) is 2.04.